The molecule has 10 heteroatoms. The number of halogens is 3. The Morgan fingerprint density at radius 1 is 1.00 bits per heavy atom. The van der Waals surface area contributed by atoms with Crippen LogP contribution in [0.3, 0.4) is 0 Å². The summed E-state index contributed by atoms with van der Waals surface area (Å²) in [5.74, 6) is -2.25. The average Bonchev–Trinajstić information content (AvgIpc) is 3.53. The van der Waals surface area contributed by atoms with E-state index >= 15 is 0 Å². The molecule has 3 aromatic rings. The summed E-state index contributed by atoms with van der Waals surface area (Å²) in [6.07, 6.45) is -2.80. The molecule has 4 rings (SSSR count). The molecule has 1 saturated heterocycles. The van der Waals surface area contributed by atoms with Gasteiger partial charge < -0.3 is 14.7 Å². The van der Waals surface area contributed by atoms with Gasteiger partial charge in [0.15, 0.2) is 0 Å². The highest BCUT2D eigenvalue weighted by Gasteiger charge is 2.38. The Kier molecular flexibility index (Phi) is 7.81. The van der Waals surface area contributed by atoms with Crippen molar-refractivity contribution < 1.29 is 27.3 Å². The minimum Gasteiger partial charge on any atom is -0.341 e. The summed E-state index contributed by atoms with van der Waals surface area (Å²) in [5, 5.41) is 5.91. The smallest absolute Gasteiger partial charge is 0.341 e. The number of aromatic nitrogens is 2. The van der Waals surface area contributed by atoms with E-state index in [2.05, 4.69) is 20.0 Å². The summed E-state index contributed by atoms with van der Waals surface area (Å²) in [6.45, 7) is 3.00. The fourth-order valence-electron chi connectivity index (χ4n) is 3.16. The van der Waals surface area contributed by atoms with Crippen LogP contribution in [-0.4, -0.2) is 46.0 Å². The summed E-state index contributed by atoms with van der Waals surface area (Å²) < 4.78 is 41.7. The average molecular weight is 460 g/mol. The first kappa shape index (κ1) is 24.0. The Morgan fingerprint density at radius 3 is 2.03 bits per heavy atom. The number of hydrogen-bond donors (Lipinski definition) is 1. The molecule has 2 amide bonds. The van der Waals surface area contributed by atoms with E-state index in [1.54, 1.807) is 11.8 Å². The lowest BCUT2D eigenvalue weighted by molar-refractivity contribution is -0.159. The van der Waals surface area contributed by atoms with Gasteiger partial charge in [0, 0.05) is 24.2 Å². The van der Waals surface area contributed by atoms with E-state index in [0.29, 0.717) is 13.1 Å². The van der Waals surface area contributed by atoms with Crippen LogP contribution < -0.4 is 5.32 Å². The van der Waals surface area contributed by atoms with Crippen molar-refractivity contribution in [2.45, 2.75) is 32.0 Å². The van der Waals surface area contributed by atoms with E-state index < -0.39 is 24.0 Å². The van der Waals surface area contributed by atoms with Gasteiger partial charge in [-0.15, -0.1) is 0 Å². The summed E-state index contributed by atoms with van der Waals surface area (Å²) in [6, 6.07) is 17.0. The van der Waals surface area contributed by atoms with Crippen LogP contribution in [0, 0.1) is 0 Å². The molecular formula is C23H23F3N4O3. The topological polar surface area (TPSA) is 88.3 Å². The molecule has 7 nitrogen and oxygen atoms in total. The molecule has 2 aromatic carbocycles. The Balaban J connectivity index is 0.000000442. The van der Waals surface area contributed by atoms with Crippen LogP contribution in [-0.2, 0) is 11.0 Å². The maximum Gasteiger partial charge on any atom is 0.471 e. The summed E-state index contributed by atoms with van der Waals surface area (Å²) >= 11 is 0. The second-order valence-corrected chi connectivity index (χ2v) is 7.38. The predicted molar refractivity (Wildman–Crippen MR) is 114 cm³/mol. The molecule has 0 saturated carbocycles. The van der Waals surface area contributed by atoms with Gasteiger partial charge in [0.2, 0.25) is 11.7 Å². The van der Waals surface area contributed by atoms with Crippen molar-refractivity contribution in [2.75, 3.05) is 13.1 Å². The molecular weight excluding hydrogens is 437 g/mol. The molecule has 1 unspecified atom stereocenters. The maximum atomic E-state index is 12.5. The highest BCUT2D eigenvalue weighted by molar-refractivity contribution is 5.97. The van der Waals surface area contributed by atoms with Crippen LogP contribution in [0.25, 0.3) is 11.4 Å². The van der Waals surface area contributed by atoms with E-state index in [4.69, 9.17) is 0 Å². The molecule has 2 heterocycles. The Bertz CT molecular complexity index is 1020. The van der Waals surface area contributed by atoms with Crippen molar-refractivity contribution in [3.8, 4) is 11.4 Å². The summed E-state index contributed by atoms with van der Waals surface area (Å²) in [4.78, 5) is 29.5. The van der Waals surface area contributed by atoms with Crippen molar-refractivity contribution in [2.24, 2.45) is 0 Å². The Hall–Kier alpha value is -3.69. The first-order valence-electron chi connectivity index (χ1n) is 10.4. The fourth-order valence-corrected chi connectivity index (χ4v) is 3.16. The number of nitrogens with one attached hydrogen (secondary N) is 1. The van der Waals surface area contributed by atoms with E-state index in [1.807, 2.05) is 36.4 Å². The highest BCUT2D eigenvalue weighted by atomic mass is 19.4. The molecule has 174 valence electrons. The van der Waals surface area contributed by atoms with Gasteiger partial charge in [-0.05, 0) is 31.9 Å². The lowest BCUT2D eigenvalue weighted by Crippen LogP contribution is -2.45. The molecule has 0 radical (unpaired) electrons. The van der Waals surface area contributed by atoms with Gasteiger partial charge >= 0.3 is 12.1 Å². The number of carbonyl (C=O) groups excluding carboxylic acids is 2. The van der Waals surface area contributed by atoms with E-state index in [0.717, 1.165) is 12.8 Å². The van der Waals surface area contributed by atoms with Crippen molar-refractivity contribution >= 4 is 11.8 Å². The van der Waals surface area contributed by atoms with Crippen LogP contribution in [0.15, 0.2) is 65.2 Å². The first-order valence-corrected chi connectivity index (χ1v) is 10.4. The third kappa shape index (κ3) is 6.64. The van der Waals surface area contributed by atoms with Gasteiger partial charge in [0.1, 0.15) is 6.04 Å². The van der Waals surface area contributed by atoms with Crippen LogP contribution in [0.2, 0.25) is 0 Å². The number of rotatable bonds is 4. The van der Waals surface area contributed by atoms with E-state index in [1.165, 1.54) is 24.3 Å². The molecule has 1 N–H and O–H groups in total. The minimum absolute atomic E-state index is 0.135. The largest absolute Gasteiger partial charge is 0.471 e. The maximum absolute atomic E-state index is 12.5. The zero-order chi connectivity index (χ0) is 23.8. The molecule has 1 fully saturated rings. The van der Waals surface area contributed by atoms with E-state index in [-0.39, 0.29) is 22.9 Å². The summed E-state index contributed by atoms with van der Waals surface area (Å²) in [5.41, 5.74) is 0.534. The third-order valence-electron chi connectivity index (χ3n) is 4.88. The van der Waals surface area contributed by atoms with Crippen LogP contribution in [0.4, 0.5) is 13.2 Å². The number of nitrogens with zero attached hydrogens (tertiary/aromatic N) is 3. The van der Waals surface area contributed by atoms with Gasteiger partial charge in [0.25, 0.3) is 5.91 Å². The summed E-state index contributed by atoms with van der Waals surface area (Å²) in [7, 11) is 0. The SMILES string of the molecule is CC(NC(=O)c1ccc(-c2noc(C(F)(F)F)n2)cc1)C(=O)N1CCCC1.c1ccccc1. The van der Waals surface area contributed by atoms with E-state index in [9.17, 15) is 22.8 Å². The zero-order valence-electron chi connectivity index (χ0n) is 17.9. The third-order valence-corrected chi connectivity index (χ3v) is 4.88. The molecule has 1 aliphatic heterocycles. The van der Waals surface area contributed by atoms with Crippen LogP contribution in [0.5, 0.6) is 0 Å². The van der Waals surface area contributed by atoms with Crippen molar-refractivity contribution in [3.05, 3.63) is 72.1 Å². The second-order valence-electron chi connectivity index (χ2n) is 7.38. The molecule has 0 bridgehead atoms. The minimum atomic E-state index is -4.72. The predicted octanol–water partition coefficient (Wildman–Crippen LogP) is 4.18. The number of carbonyl (C=O) groups is 2. The molecule has 0 aliphatic carbocycles. The van der Waals surface area contributed by atoms with Gasteiger partial charge in [-0.2, -0.15) is 18.2 Å². The Labute approximate surface area is 188 Å². The molecule has 1 atom stereocenters. The quantitative estimate of drug-likeness (QED) is 0.631. The van der Waals surface area contributed by atoms with Crippen LogP contribution in [0.1, 0.15) is 36.0 Å². The van der Waals surface area contributed by atoms with Crippen molar-refractivity contribution in [1.29, 1.82) is 0 Å². The molecule has 1 aromatic heterocycles. The van der Waals surface area contributed by atoms with Crippen molar-refractivity contribution in [1.82, 2.24) is 20.4 Å². The normalized spacial score (nSPS) is 14.2. The lowest BCUT2D eigenvalue weighted by Gasteiger charge is -2.21. The van der Waals surface area contributed by atoms with Gasteiger partial charge in [0.05, 0.1) is 0 Å². The number of benzene rings is 2. The first-order chi connectivity index (χ1) is 15.8. The number of amides is 2. The van der Waals surface area contributed by atoms with Gasteiger partial charge in [-0.3, -0.25) is 9.59 Å². The van der Waals surface area contributed by atoms with Gasteiger partial charge in [-0.1, -0.05) is 53.7 Å². The van der Waals surface area contributed by atoms with Crippen LogP contribution >= 0.6 is 0 Å². The van der Waals surface area contributed by atoms with Crippen molar-refractivity contribution in [3.63, 3.8) is 0 Å². The fraction of sp³-hybridized carbons (Fsp3) is 0.304. The zero-order valence-corrected chi connectivity index (χ0v) is 17.9. The lowest BCUT2D eigenvalue weighted by atomic mass is 10.1. The second kappa shape index (κ2) is 10.8. The van der Waals surface area contributed by atoms with Gasteiger partial charge in [-0.25, -0.2) is 0 Å². The molecule has 33 heavy (non-hydrogen) atoms. The number of hydrogen-bond acceptors (Lipinski definition) is 5. The monoisotopic (exact) mass is 460 g/mol. The number of likely N-dealkylation sites (tertiary alicyclic amines) is 1. The standard InChI is InChI=1S/C17H17F3N4O3.C6H6/c1-10(15(26)24-8-2-3-9-24)21-14(25)12-6-4-11(5-7-12)13-22-16(27-23-13)17(18,19)20;1-2-4-6-5-3-1/h4-7,10H,2-3,8-9H2,1H3,(H,21,25);1-6H. The molecule has 0 spiro atoms. The number of alkyl halides is 3. The Morgan fingerprint density at radius 2 is 1.55 bits per heavy atom. The highest BCUT2D eigenvalue weighted by Crippen LogP contribution is 2.29. The molecule has 1 aliphatic rings.